The van der Waals surface area contributed by atoms with Gasteiger partial charge in [-0.05, 0) is 31.2 Å². The van der Waals surface area contributed by atoms with Gasteiger partial charge in [0.2, 0.25) is 0 Å². The number of pyridine rings is 1. The van der Waals surface area contributed by atoms with Gasteiger partial charge in [-0.25, -0.2) is 9.78 Å². The minimum Gasteiger partial charge on any atom is -0.477 e. The minimum absolute atomic E-state index is 0.0636. The van der Waals surface area contributed by atoms with Gasteiger partial charge < -0.3 is 15.3 Å². The first kappa shape index (κ1) is 17.2. The fourth-order valence-electron chi connectivity index (χ4n) is 3.15. The van der Waals surface area contributed by atoms with Gasteiger partial charge in [0, 0.05) is 44.5 Å². The molecule has 0 spiro atoms. The topological polar surface area (TPSA) is 68.7 Å². The summed E-state index contributed by atoms with van der Waals surface area (Å²) in [5, 5.41) is 12.3. The van der Waals surface area contributed by atoms with Crippen molar-refractivity contribution >= 4 is 17.5 Å². The van der Waals surface area contributed by atoms with Gasteiger partial charge >= 0.3 is 5.97 Å². The highest BCUT2D eigenvalue weighted by molar-refractivity contribution is 5.85. The van der Waals surface area contributed by atoms with Crippen LogP contribution in [0.1, 0.15) is 17.4 Å². The van der Waals surface area contributed by atoms with E-state index in [-0.39, 0.29) is 11.7 Å². The van der Waals surface area contributed by atoms with E-state index in [1.54, 1.807) is 12.1 Å². The normalized spacial score (nSPS) is 16.4. The second-order valence-corrected chi connectivity index (χ2v) is 6.38. The maximum absolute atomic E-state index is 11.0. The number of carboxylic acid groups (broad SMARTS) is 1. The molecule has 1 atom stereocenters. The van der Waals surface area contributed by atoms with E-state index in [0.717, 1.165) is 32.7 Å². The van der Waals surface area contributed by atoms with E-state index in [2.05, 4.69) is 51.3 Å². The summed E-state index contributed by atoms with van der Waals surface area (Å²) in [6.07, 6.45) is 0. The maximum atomic E-state index is 11.0. The van der Waals surface area contributed by atoms with Gasteiger partial charge in [0.15, 0.2) is 5.69 Å². The monoisotopic (exact) mass is 340 g/mol. The third-order valence-corrected chi connectivity index (χ3v) is 4.39. The van der Waals surface area contributed by atoms with Crippen LogP contribution in [0.3, 0.4) is 0 Å². The van der Waals surface area contributed by atoms with Crippen LogP contribution >= 0.6 is 0 Å². The van der Waals surface area contributed by atoms with E-state index in [9.17, 15) is 4.79 Å². The lowest BCUT2D eigenvalue weighted by atomic mass is 10.2. The smallest absolute Gasteiger partial charge is 0.354 e. The molecule has 25 heavy (non-hydrogen) atoms. The lowest BCUT2D eigenvalue weighted by Gasteiger charge is -2.37. The molecule has 0 radical (unpaired) electrons. The molecule has 0 amide bonds. The number of carbonyl (C=O) groups is 1. The van der Waals surface area contributed by atoms with Crippen molar-refractivity contribution < 1.29 is 9.90 Å². The molecular formula is C19H24N4O2. The molecule has 0 aliphatic carbocycles. The van der Waals surface area contributed by atoms with E-state index in [0.29, 0.717) is 5.82 Å². The molecule has 1 saturated heterocycles. The van der Waals surface area contributed by atoms with Crippen LogP contribution in [0.15, 0.2) is 48.5 Å². The Bertz CT molecular complexity index is 700. The molecule has 1 aromatic heterocycles. The Morgan fingerprint density at radius 3 is 2.52 bits per heavy atom. The third kappa shape index (κ3) is 4.70. The second-order valence-electron chi connectivity index (χ2n) is 6.38. The standard InChI is InChI=1S/C19H24N4O2/c1-15(20-18-9-5-8-17(21-18)19(24)25)14-22-10-12-23(13-11-22)16-6-3-2-4-7-16/h2-9,15H,10-14H2,1H3,(H,20,21)(H,24,25). The zero-order chi connectivity index (χ0) is 17.6. The average molecular weight is 340 g/mol. The number of aromatic carboxylic acids is 1. The Hall–Kier alpha value is -2.60. The first-order valence-corrected chi connectivity index (χ1v) is 8.61. The van der Waals surface area contributed by atoms with Crippen LogP contribution in [0.4, 0.5) is 11.5 Å². The number of benzene rings is 1. The maximum Gasteiger partial charge on any atom is 0.354 e. The SMILES string of the molecule is CC(CN1CCN(c2ccccc2)CC1)Nc1cccc(C(=O)O)n1. The summed E-state index contributed by atoms with van der Waals surface area (Å²) in [6, 6.07) is 15.7. The highest BCUT2D eigenvalue weighted by Crippen LogP contribution is 2.16. The van der Waals surface area contributed by atoms with Gasteiger partial charge in [0.1, 0.15) is 5.82 Å². The van der Waals surface area contributed by atoms with Crippen LogP contribution in [-0.2, 0) is 0 Å². The van der Waals surface area contributed by atoms with Crippen LogP contribution in [-0.4, -0.2) is 59.7 Å². The molecule has 1 fully saturated rings. The van der Waals surface area contributed by atoms with Crippen molar-refractivity contribution in [2.45, 2.75) is 13.0 Å². The number of nitrogens with one attached hydrogen (secondary N) is 1. The van der Waals surface area contributed by atoms with Crippen molar-refractivity contribution in [3.05, 3.63) is 54.2 Å². The summed E-state index contributed by atoms with van der Waals surface area (Å²) in [5.74, 6) is -0.399. The molecule has 132 valence electrons. The number of anilines is 2. The largest absolute Gasteiger partial charge is 0.477 e. The first-order valence-electron chi connectivity index (χ1n) is 8.61. The number of hydrogen-bond acceptors (Lipinski definition) is 5. The van der Waals surface area contributed by atoms with E-state index in [1.807, 2.05) is 6.07 Å². The Kier molecular flexibility index (Phi) is 5.50. The van der Waals surface area contributed by atoms with E-state index in [4.69, 9.17) is 5.11 Å². The molecule has 2 N–H and O–H groups in total. The zero-order valence-electron chi connectivity index (χ0n) is 14.4. The summed E-state index contributed by atoms with van der Waals surface area (Å²) in [5.41, 5.74) is 1.34. The van der Waals surface area contributed by atoms with Crippen LogP contribution in [0.5, 0.6) is 0 Å². The molecule has 0 bridgehead atoms. The molecule has 0 saturated carbocycles. The molecule has 1 unspecified atom stereocenters. The molecule has 6 nitrogen and oxygen atoms in total. The van der Waals surface area contributed by atoms with Crippen molar-refractivity contribution in [1.29, 1.82) is 0 Å². The molecule has 2 heterocycles. The van der Waals surface area contributed by atoms with Gasteiger partial charge in [0.25, 0.3) is 0 Å². The predicted octanol–water partition coefficient (Wildman–Crippen LogP) is 2.40. The Balaban J connectivity index is 1.49. The van der Waals surface area contributed by atoms with Gasteiger partial charge in [0.05, 0.1) is 0 Å². The van der Waals surface area contributed by atoms with Crippen LogP contribution in [0, 0.1) is 0 Å². The molecule has 2 aromatic rings. The summed E-state index contributed by atoms with van der Waals surface area (Å²) in [6.45, 7) is 7.07. The van der Waals surface area contributed by atoms with Gasteiger partial charge in [-0.15, -0.1) is 0 Å². The third-order valence-electron chi connectivity index (χ3n) is 4.39. The van der Waals surface area contributed by atoms with Crippen molar-refractivity contribution in [1.82, 2.24) is 9.88 Å². The summed E-state index contributed by atoms with van der Waals surface area (Å²) in [7, 11) is 0. The summed E-state index contributed by atoms with van der Waals surface area (Å²) >= 11 is 0. The Labute approximate surface area is 148 Å². The second kappa shape index (κ2) is 7.98. The van der Waals surface area contributed by atoms with Gasteiger partial charge in [-0.2, -0.15) is 0 Å². The number of carboxylic acids is 1. The Morgan fingerprint density at radius 2 is 1.84 bits per heavy atom. The van der Waals surface area contributed by atoms with E-state index >= 15 is 0 Å². The van der Waals surface area contributed by atoms with Crippen molar-refractivity contribution in [2.24, 2.45) is 0 Å². The Morgan fingerprint density at radius 1 is 1.12 bits per heavy atom. The zero-order valence-corrected chi connectivity index (χ0v) is 14.4. The fraction of sp³-hybridized carbons (Fsp3) is 0.368. The van der Waals surface area contributed by atoms with Crippen LogP contribution in [0.25, 0.3) is 0 Å². The van der Waals surface area contributed by atoms with Crippen molar-refractivity contribution in [3.63, 3.8) is 0 Å². The van der Waals surface area contributed by atoms with Crippen molar-refractivity contribution in [2.75, 3.05) is 42.9 Å². The number of para-hydroxylation sites is 1. The number of aromatic nitrogens is 1. The van der Waals surface area contributed by atoms with Gasteiger partial charge in [-0.3, -0.25) is 4.90 Å². The summed E-state index contributed by atoms with van der Waals surface area (Å²) in [4.78, 5) is 20.0. The molecule has 1 aromatic carbocycles. The van der Waals surface area contributed by atoms with Crippen LogP contribution in [0.2, 0.25) is 0 Å². The molecule has 1 aliphatic rings. The fourth-order valence-corrected chi connectivity index (χ4v) is 3.15. The molecule has 3 rings (SSSR count). The number of rotatable bonds is 6. The summed E-state index contributed by atoms with van der Waals surface area (Å²) < 4.78 is 0. The number of nitrogens with zero attached hydrogens (tertiary/aromatic N) is 3. The van der Waals surface area contributed by atoms with Crippen molar-refractivity contribution in [3.8, 4) is 0 Å². The molecular weight excluding hydrogens is 316 g/mol. The van der Waals surface area contributed by atoms with Gasteiger partial charge in [-0.1, -0.05) is 24.3 Å². The minimum atomic E-state index is -1.01. The lowest BCUT2D eigenvalue weighted by molar-refractivity contribution is 0.0690. The highest BCUT2D eigenvalue weighted by atomic mass is 16.4. The number of hydrogen-bond donors (Lipinski definition) is 2. The quantitative estimate of drug-likeness (QED) is 0.842. The predicted molar refractivity (Wildman–Crippen MR) is 99.4 cm³/mol. The van der Waals surface area contributed by atoms with E-state index in [1.165, 1.54) is 11.8 Å². The molecule has 1 aliphatic heterocycles. The number of piperazine rings is 1. The lowest BCUT2D eigenvalue weighted by Crippen LogP contribution is -2.49. The average Bonchev–Trinajstić information content (AvgIpc) is 2.63. The van der Waals surface area contributed by atoms with E-state index < -0.39 is 5.97 Å². The molecule has 6 heteroatoms. The first-order chi connectivity index (χ1) is 12.1. The van der Waals surface area contributed by atoms with Crippen LogP contribution < -0.4 is 10.2 Å². The highest BCUT2D eigenvalue weighted by Gasteiger charge is 2.19.